The van der Waals surface area contributed by atoms with E-state index in [1.165, 1.54) is 17.5 Å². The number of nitrogens with zero attached hydrogens (tertiary/aromatic N) is 1. The highest BCUT2D eigenvalue weighted by Crippen LogP contribution is 2.42. The normalized spacial score (nSPS) is 22.7. The Morgan fingerprint density at radius 1 is 1.07 bits per heavy atom. The van der Waals surface area contributed by atoms with E-state index in [4.69, 9.17) is 4.74 Å². The number of ether oxygens (including phenoxy) is 1. The zero-order valence-electron chi connectivity index (χ0n) is 16.5. The van der Waals surface area contributed by atoms with Gasteiger partial charge in [-0.05, 0) is 69.2 Å². The lowest BCUT2D eigenvalue weighted by molar-refractivity contribution is 0.0296. The fourth-order valence-electron chi connectivity index (χ4n) is 5.03. The largest absolute Gasteiger partial charge is 0.496 e. The Labute approximate surface area is 162 Å². The number of Topliss-reactive ketones (excluding diaryl/α,β-unsaturated/α-hetero) is 1. The van der Waals surface area contributed by atoms with Crippen LogP contribution in [0.25, 0.3) is 0 Å². The van der Waals surface area contributed by atoms with E-state index in [0.29, 0.717) is 5.78 Å². The van der Waals surface area contributed by atoms with Gasteiger partial charge in [-0.25, -0.2) is 0 Å². The smallest absolute Gasteiger partial charge is 0.183 e. The molecular weight excluding hydrogens is 334 g/mol. The molecule has 1 saturated heterocycles. The summed E-state index contributed by atoms with van der Waals surface area (Å²) in [6.07, 6.45) is 6.15. The molecule has 0 aromatic heterocycles. The number of carbonyl (C=O) groups excluding carboxylic acids is 1. The van der Waals surface area contributed by atoms with Crippen molar-refractivity contribution in [2.24, 2.45) is 0 Å². The van der Waals surface area contributed by atoms with Gasteiger partial charge in [-0.2, -0.15) is 0 Å². The second-order valence-corrected chi connectivity index (χ2v) is 7.97. The Kier molecular flexibility index (Phi) is 5.05. The van der Waals surface area contributed by atoms with Gasteiger partial charge < -0.3 is 4.74 Å². The van der Waals surface area contributed by atoms with Crippen molar-refractivity contribution in [3.8, 4) is 5.75 Å². The number of hydrogen-bond donors (Lipinski definition) is 0. The third-order valence-electron chi connectivity index (χ3n) is 6.59. The van der Waals surface area contributed by atoms with Crippen molar-refractivity contribution in [1.29, 1.82) is 0 Å². The van der Waals surface area contributed by atoms with Gasteiger partial charge in [-0.3, -0.25) is 9.69 Å². The third kappa shape index (κ3) is 3.19. The number of benzene rings is 2. The van der Waals surface area contributed by atoms with Crippen LogP contribution in [0, 0.1) is 6.92 Å². The molecule has 1 aliphatic heterocycles. The summed E-state index contributed by atoms with van der Waals surface area (Å²) in [5.74, 6) is 1.17. The van der Waals surface area contributed by atoms with Crippen molar-refractivity contribution in [2.75, 3.05) is 20.2 Å². The summed E-state index contributed by atoms with van der Waals surface area (Å²) >= 11 is 0. The van der Waals surface area contributed by atoms with Gasteiger partial charge in [0.05, 0.1) is 12.6 Å². The van der Waals surface area contributed by atoms with Crippen LogP contribution in [0.2, 0.25) is 0 Å². The van der Waals surface area contributed by atoms with Crippen molar-refractivity contribution in [3.05, 3.63) is 64.7 Å². The predicted molar refractivity (Wildman–Crippen MR) is 109 cm³/mol. The first kappa shape index (κ1) is 18.2. The van der Waals surface area contributed by atoms with Gasteiger partial charge in [0, 0.05) is 17.7 Å². The maximum absolute atomic E-state index is 13.7. The lowest BCUT2D eigenvalue weighted by Gasteiger charge is -2.48. The Bertz CT molecular complexity index is 844. The van der Waals surface area contributed by atoms with Crippen LogP contribution in [0.5, 0.6) is 5.75 Å². The maximum Gasteiger partial charge on any atom is 0.183 e. The number of fused-ring (bicyclic) bond motifs is 1. The fourth-order valence-corrected chi connectivity index (χ4v) is 5.03. The van der Waals surface area contributed by atoms with Crippen LogP contribution in [0.15, 0.2) is 42.5 Å². The third-order valence-corrected chi connectivity index (χ3v) is 6.59. The molecule has 27 heavy (non-hydrogen) atoms. The lowest BCUT2D eigenvalue weighted by atomic mass is 9.71. The molecule has 4 rings (SSSR count). The van der Waals surface area contributed by atoms with Crippen LogP contribution in [0.4, 0.5) is 0 Å². The highest BCUT2D eigenvalue weighted by molar-refractivity contribution is 6.06. The molecule has 1 aliphatic carbocycles. The Hall–Kier alpha value is -2.13. The molecule has 1 fully saturated rings. The highest BCUT2D eigenvalue weighted by atomic mass is 16.5. The van der Waals surface area contributed by atoms with E-state index in [9.17, 15) is 4.79 Å². The number of piperidine rings is 1. The molecule has 1 heterocycles. The van der Waals surface area contributed by atoms with Crippen molar-refractivity contribution in [2.45, 2.75) is 51.0 Å². The molecule has 2 aromatic carbocycles. The highest BCUT2D eigenvalue weighted by Gasteiger charge is 2.48. The Morgan fingerprint density at radius 2 is 1.93 bits per heavy atom. The summed E-state index contributed by atoms with van der Waals surface area (Å²) in [5, 5.41) is 0. The molecule has 1 atom stereocenters. The van der Waals surface area contributed by atoms with Gasteiger partial charge in [0.15, 0.2) is 5.78 Å². The van der Waals surface area contributed by atoms with E-state index >= 15 is 0 Å². The maximum atomic E-state index is 13.7. The first-order valence-corrected chi connectivity index (χ1v) is 10.2. The minimum absolute atomic E-state index is 0.312. The average Bonchev–Trinajstić information content (AvgIpc) is 2.71. The lowest BCUT2D eigenvalue weighted by Crippen LogP contribution is -2.59. The molecule has 0 N–H and O–H groups in total. The first-order chi connectivity index (χ1) is 13.2. The second kappa shape index (κ2) is 7.47. The van der Waals surface area contributed by atoms with Gasteiger partial charge in [0.25, 0.3) is 0 Å². The summed E-state index contributed by atoms with van der Waals surface area (Å²) in [6.45, 7) is 4.16. The summed E-state index contributed by atoms with van der Waals surface area (Å²) in [7, 11) is 1.69. The number of hydrogen-bond acceptors (Lipinski definition) is 3. The van der Waals surface area contributed by atoms with Gasteiger partial charge in [-0.1, -0.05) is 36.4 Å². The first-order valence-electron chi connectivity index (χ1n) is 10.2. The minimum Gasteiger partial charge on any atom is -0.496 e. The number of aryl methyl sites for hydroxylation is 1. The summed E-state index contributed by atoms with van der Waals surface area (Å²) in [4.78, 5) is 16.1. The van der Waals surface area contributed by atoms with Crippen LogP contribution in [-0.2, 0) is 12.8 Å². The summed E-state index contributed by atoms with van der Waals surface area (Å²) in [5.41, 5.74) is 4.39. The van der Waals surface area contributed by atoms with Crippen LogP contribution in [0.1, 0.15) is 52.7 Å². The molecule has 0 bridgehead atoms. The molecule has 1 unspecified atom stereocenters. The van der Waals surface area contributed by atoms with Crippen LogP contribution >= 0.6 is 0 Å². The van der Waals surface area contributed by atoms with Gasteiger partial charge in [0.2, 0.25) is 0 Å². The van der Waals surface area contributed by atoms with Crippen molar-refractivity contribution < 1.29 is 9.53 Å². The van der Waals surface area contributed by atoms with Crippen molar-refractivity contribution in [3.63, 3.8) is 0 Å². The molecule has 2 aliphatic rings. The number of methoxy groups -OCH3 is 1. The van der Waals surface area contributed by atoms with E-state index < -0.39 is 0 Å². The van der Waals surface area contributed by atoms with Crippen molar-refractivity contribution >= 4 is 5.78 Å². The van der Waals surface area contributed by atoms with E-state index in [1.807, 2.05) is 18.2 Å². The summed E-state index contributed by atoms with van der Waals surface area (Å²) < 4.78 is 5.52. The number of rotatable bonds is 4. The van der Waals surface area contributed by atoms with E-state index in [2.05, 4.69) is 36.1 Å². The van der Waals surface area contributed by atoms with Crippen LogP contribution < -0.4 is 4.74 Å². The minimum atomic E-state index is -0.319. The second-order valence-electron chi connectivity index (χ2n) is 7.97. The molecule has 142 valence electrons. The standard InChI is InChI=1S/C24H29NO2/c1-18-8-3-4-9-19(18)13-17-25-16-6-5-14-24(25)15-12-20-21(23(24)26)10-7-11-22(20)27-2/h3-4,7-11H,5-6,12-17H2,1-2H3. The monoisotopic (exact) mass is 363 g/mol. The number of carbonyl (C=O) groups is 1. The molecule has 3 heteroatoms. The van der Waals surface area contributed by atoms with Gasteiger partial charge >= 0.3 is 0 Å². The van der Waals surface area contributed by atoms with Crippen LogP contribution in [0.3, 0.4) is 0 Å². The molecule has 3 nitrogen and oxygen atoms in total. The van der Waals surface area contributed by atoms with E-state index in [0.717, 1.165) is 62.1 Å². The fraction of sp³-hybridized carbons (Fsp3) is 0.458. The SMILES string of the molecule is COc1cccc2c1CCC1(CCCCN1CCc1ccccc1C)C2=O. The van der Waals surface area contributed by atoms with Crippen molar-refractivity contribution in [1.82, 2.24) is 4.90 Å². The van der Waals surface area contributed by atoms with E-state index in [1.54, 1.807) is 7.11 Å². The zero-order valence-corrected chi connectivity index (χ0v) is 16.5. The van der Waals surface area contributed by atoms with E-state index in [-0.39, 0.29) is 5.54 Å². The quantitative estimate of drug-likeness (QED) is 0.795. The molecular formula is C24H29NO2. The van der Waals surface area contributed by atoms with Gasteiger partial charge in [-0.15, -0.1) is 0 Å². The molecule has 1 spiro atoms. The molecule has 0 radical (unpaired) electrons. The average molecular weight is 364 g/mol. The van der Waals surface area contributed by atoms with Crippen LogP contribution in [-0.4, -0.2) is 36.4 Å². The number of likely N-dealkylation sites (tertiary alicyclic amines) is 1. The topological polar surface area (TPSA) is 29.5 Å². The molecule has 2 aromatic rings. The zero-order chi connectivity index (χ0) is 18.9. The predicted octanol–water partition coefficient (Wildman–Crippen LogP) is 4.60. The molecule has 0 amide bonds. The number of ketones is 1. The Morgan fingerprint density at radius 3 is 2.74 bits per heavy atom. The Balaban J connectivity index is 1.61. The molecule has 0 saturated carbocycles. The summed E-state index contributed by atoms with van der Waals surface area (Å²) in [6, 6.07) is 14.5. The van der Waals surface area contributed by atoms with Gasteiger partial charge in [0.1, 0.15) is 5.75 Å².